The lowest BCUT2D eigenvalue weighted by atomic mass is 9.94. The van der Waals surface area contributed by atoms with Crippen molar-refractivity contribution in [1.29, 1.82) is 0 Å². The van der Waals surface area contributed by atoms with Crippen LogP contribution in [0.1, 0.15) is 34.7 Å². The highest BCUT2D eigenvalue weighted by Crippen LogP contribution is 2.41. The zero-order valence-electron chi connectivity index (χ0n) is 18.9. The Hall–Kier alpha value is -4.06. The lowest BCUT2D eigenvalue weighted by Crippen LogP contribution is -2.29. The van der Waals surface area contributed by atoms with Gasteiger partial charge in [-0.2, -0.15) is 0 Å². The maximum Gasteiger partial charge on any atom is 0.295 e. The van der Waals surface area contributed by atoms with E-state index < -0.39 is 17.7 Å². The molecule has 1 amide bonds. The van der Waals surface area contributed by atoms with E-state index in [9.17, 15) is 14.7 Å². The van der Waals surface area contributed by atoms with Crippen LogP contribution in [0.25, 0.3) is 5.76 Å². The molecule has 1 N–H and O–H groups in total. The number of fused-ring (bicyclic) bond motifs is 1. The number of aliphatic hydroxyl groups is 1. The smallest absolute Gasteiger partial charge is 0.295 e. The third-order valence-electron chi connectivity index (χ3n) is 6.37. The fraction of sp³-hybridized carbons (Fsp3) is 0.214. The Labute approximate surface area is 198 Å². The molecule has 172 valence electrons. The van der Waals surface area contributed by atoms with Crippen LogP contribution in [0.5, 0.6) is 11.5 Å². The normalized spacial score (nSPS) is 19.0. The molecule has 5 rings (SSSR count). The molecule has 1 unspecified atom stereocenters. The fourth-order valence-corrected chi connectivity index (χ4v) is 4.71. The number of Topliss-reactive ketones (excluding diaryl/α,β-unsaturated/α-hetero) is 1. The number of para-hydroxylation sites is 1. The van der Waals surface area contributed by atoms with Crippen molar-refractivity contribution in [1.82, 2.24) is 4.90 Å². The lowest BCUT2D eigenvalue weighted by Gasteiger charge is -2.26. The van der Waals surface area contributed by atoms with Crippen molar-refractivity contribution in [2.24, 2.45) is 0 Å². The molecule has 1 saturated heterocycles. The molecule has 2 aliphatic rings. The van der Waals surface area contributed by atoms with Crippen LogP contribution in [0.2, 0.25) is 0 Å². The maximum absolute atomic E-state index is 13.3. The first kappa shape index (κ1) is 21.8. The standard InChI is InChI=1S/C28H25NO5/c1-33-22-12-6-5-10-21(22)17-29-25(18-8-3-2-4-9-18)24(27(31)28(29)32)26(30)20-13-14-23-19(16-20)11-7-15-34-23/h2-6,8-10,12-14,16,25,30H,7,11,15,17H2,1H3/b26-24-. The van der Waals surface area contributed by atoms with Gasteiger partial charge in [-0.3, -0.25) is 9.59 Å². The van der Waals surface area contributed by atoms with E-state index in [1.54, 1.807) is 13.2 Å². The van der Waals surface area contributed by atoms with E-state index in [0.717, 1.165) is 35.3 Å². The Balaban J connectivity index is 1.62. The number of rotatable bonds is 5. The molecule has 3 aromatic rings. The molecule has 0 aliphatic carbocycles. The number of aliphatic hydroxyl groups excluding tert-OH is 1. The summed E-state index contributed by atoms with van der Waals surface area (Å²) >= 11 is 0. The molecule has 0 aromatic heterocycles. The Morgan fingerprint density at radius 3 is 2.62 bits per heavy atom. The molecular formula is C28H25NO5. The zero-order chi connectivity index (χ0) is 23.7. The van der Waals surface area contributed by atoms with Crippen LogP contribution < -0.4 is 9.47 Å². The second-order valence-electron chi connectivity index (χ2n) is 8.42. The number of benzene rings is 3. The third-order valence-corrected chi connectivity index (χ3v) is 6.37. The monoisotopic (exact) mass is 455 g/mol. The van der Waals surface area contributed by atoms with E-state index in [1.165, 1.54) is 4.90 Å². The molecule has 0 saturated carbocycles. The summed E-state index contributed by atoms with van der Waals surface area (Å²) in [5, 5.41) is 11.3. The van der Waals surface area contributed by atoms with Gasteiger partial charge in [0.25, 0.3) is 11.7 Å². The van der Waals surface area contributed by atoms with Gasteiger partial charge in [0, 0.05) is 11.1 Å². The predicted octanol–water partition coefficient (Wildman–Crippen LogP) is 4.64. The van der Waals surface area contributed by atoms with Crippen LogP contribution in [0.4, 0.5) is 0 Å². The van der Waals surface area contributed by atoms with Gasteiger partial charge in [0.1, 0.15) is 17.3 Å². The Kier molecular flexibility index (Phi) is 5.80. The van der Waals surface area contributed by atoms with Gasteiger partial charge < -0.3 is 19.5 Å². The van der Waals surface area contributed by atoms with Gasteiger partial charge in [-0.15, -0.1) is 0 Å². The van der Waals surface area contributed by atoms with Gasteiger partial charge in [-0.05, 0) is 48.2 Å². The molecule has 34 heavy (non-hydrogen) atoms. The number of likely N-dealkylation sites (tertiary alicyclic amines) is 1. The second kappa shape index (κ2) is 9.06. The highest BCUT2D eigenvalue weighted by Gasteiger charge is 2.46. The molecule has 0 spiro atoms. The molecule has 2 heterocycles. The predicted molar refractivity (Wildman–Crippen MR) is 128 cm³/mol. The number of methoxy groups -OCH3 is 1. The van der Waals surface area contributed by atoms with Crippen molar-refractivity contribution in [2.75, 3.05) is 13.7 Å². The van der Waals surface area contributed by atoms with Crippen LogP contribution in [-0.4, -0.2) is 35.4 Å². The van der Waals surface area contributed by atoms with Gasteiger partial charge in [0.2, 0.25) is 0 Å². The highest BCUT2D eigenvalue weighted by atomic mass is 16.5. The zero-order valence-corrected chi connectivity index (χ0v) is 18.9. The van der Waals surface area contributed by atoms with Crippen molar-refractivity contribution in [3.63, 3.8) is 0 Å². The fourth-order valence-electron chi connectivity index (χ4n) is 4.71. The summed E-state index contributed by atoms with van der Waals surface area (Å²) in [5.74, 6) is -0.106. The topological polar surface area (TPSA) is 76.1 Å². The number of aryl methyl sites for hydroxylation is 1. The number of ether oxygens (including phenoxy) is 2. The Morgan fingerprint density at radius 2 is 1.82 bits per heavy atom. The Bertz CT molecular complexity index is 1280. The number of hydrogen-bond acceptors (Lipinski definition) is 5. The number of hydrogen-bond donors (Lipinski definition) is 1. The second-order valence-corrected chi connectivity index (χ2v) is 8.42. The average molecular weight is 456 g/mol. The third kappa shape index (κ3) is 3.81. The highest BCUT2D eigenvalue weighted by molar-refractivity contribution is 6.46. The van der Waals surface area contributed by atoms with Gasteiger partial charge in [-0.25, -0.2) is 0 Å². The first-order chi connectivity index (χ1) is 16.6. The van der Waals surface area contributed by atoms with Crippen molar-refractivity contribution >= 4 is 17.4 Å². The van der Waals surface area contributed by atoms with E-state index in [1.807, 2.05) is 66.7 Å². The minimum absolute atomic E-state index is 0.0859. The Morgan fingerprint density at radius 1 is 1.06 bits per heavy atom. The molecule has 2 aliphatic heterocycles. The summed E-state index contributed by atoms with van der Waals surface area (Å²) in [6.07, 6.45) is 1.73. The number of nitrogens with zero attached hydrogens (tertiary/aromatic N) is 1. The van der Waals surface area contributed by atoms with Crippen molar-refractivity contribution in [3.05, 3.63) is 101 Å². The molecule has 1 atom stereocenters. The summed E-state index contributed by atoms with van der Waals surface area (Å²) < 4.78 is 11.1. The van der Waals surface area contributed by atoms with Gasteiger partial charge in [0.15, 0.2) is 0 Å². The van der Waals surface area contributed by atoms with E-state index in [0.29, 0.717) is 17.9 Å². The minimum Gasteiger partial charge on any atom is -0.507 e. The molecule has 6 heteroatoms. The molecule has 1 fully saturated rings. The SMILES string of the molecule is COc1ccccc1CN1C(=O)C(=O)/C(=C(\O)c2ccc3c(c2)CCCO3)C1c1ccccc1. The van der Waals surface area contributed by atoms with E-state index in [-0.39, 0.29) is 17.9 Å². The van der Waals surface area contributed by atoms with Crippen LogP contribution in [-0.2, 0) is 22.6 Å². The van der Waals surface area contributed by atoms with Crippen LogP contribution in [0.15, 0.2) is 78.4 Å². The van der Waals surface area contributed by atoms with Gasteiger partial charge in [0.05, 0.1) is 31.9 Å². The molecular weight excluding hydrogens is 430 g/mol. The maximum atomic E-state index is 13.3. The molecule has 6 nitrogen and oxygen atoms in total. The molecule has 0 radical (unpaired) electrons. The molecule has 3 aromatic carbocycles. The van der Waals surface area contributed by atoms with Crippen LogP contribution in [0, 0.1) is 0 Å². The average Bonchev–Trinajstić information content (AvgIpc) is 3.13. The van der Waals surface area contributed by atoms with Crippen LogP contribution in [0.3, 0.4) is 0 Å². The lowest BCUT2D eigenvalue weighted by molar-refractivity contribution is -0.140. The van der Waals surface area contributed by atoms with Crippen molar-refractivity contribution in [3.8, 4) is 11.5 Å². The summed E-state index contributed by atoms with van der Waals surface area (Å²) in [6.45, 7) is 0.837. The van der Waals surface area contributed by atoms with Crippen molar-refractivity contribution in [2.45, 2.75) is 25.4 Å². The number of ketones is 1. The quantitative estimate of drug-likeness (QED) is 0.345. The van der Waals surface area contributed by atoms with Gasteiger partial charge in [-0.1, -0.05) is 48.5 Å². The van der Waals surface area contributed by atoms with E-state index in [4.69, 9.17) is 9.47 Å². The molecule has 0 bridgehead atoms. The summed E-state index contributed by atoms with van der Waals surface area (Å²) in [6, 6.07) is 21.4. The number of amides is 1. The van der Waals surface area contributed by atoms with Crippen LogP contribution >= 0.6 is 0 Å². The van der Waals surface area contributed by atoms with Crippen molar-refractivity contribution < 1.29 is 24.2 Å². The minimum atomic E-state index is -0.724. The largest absolute Gasteiger partial charge is 0.507 e. The number of carbonyl (C=O) groups excluding carboxylic acids is 2. The van der Waals surface area contributed by atoms with Gasteiger partial charge >= 0.3 is 0 Å². The first-order valence-electron chi connectivity index (χ1n) is 11.3. The van der Waals surface area contributed by atoms with E-state index >= 15 is 0 Å². The summed E-state index contributed by atoms with van der Waals surface area (Å²) in [4.78, 5) is 28.0. The first-order valence-corrected chi connectivity index (χ1v) is 11.3. The number of carbonyl (C=O) groups is 2. The summed E-state index contributed by atoms with van der Waals surface area (Å²) in [5.41, 5.74) is 3.09. The summed E-state index contributed by atoms with van der Waals surface area (Å²) in [7, 11) is 1.57. The van der Waals surface area contributed by atoms with E-state index in [2.05, 4.69) is 0 Å².